The predicted molar refractivity (Wildman–Crippen MR) is 95.8 cm³/mol. The molecule has 0 saturated heterocycles. The van der Waals surface area contributed by atoms with Gasteiger partial charge in [0.2, 0.25) is 0 Å². The number of carbonyl (C=O) groups excluding carboxylic acids is 4. The number of esters is 1. The van der Waals surface area contributed by atoms with E-state index in [1.54, 1.807) is 19.1 Å². The van der Waals surface area contributed by atoms with Crippen molar-refractivity contribution in [2.45, 2.75) is 39.3 Å². The van der Waals surface area contributed by atoms with Crippen LogP contribution in [0.15, 0.2) is 24.3 Å². The summed E-state index contributed by atoms with van der Waals surface area (Å²) in [5, 5.41) is 7.52. The molecule has 0 fully saturated rings. The quantitative estimate of drug-likeness (QED) is 0.619. The minimum Gasteiger partial charge on any atom is -0.454 e. The van der Waals surface area contributed by atoms with E-state index < -0.39 is 36.5 Å². The third-order valence-corrected chi connectivity index (χ3v) is 3.65. The van der Waals surface area contributed by atoms with Gasteiger partial charge >= 0.3 is 12.0 Å². The molecule has 0 radical (unpaired) electrons. The second-order valence-corrected chi connectivity index (χ2v) is 6.08. The van der Waals surface area contributed by atoms with Crippen LogP contribution in [0.4, 0.5) is 4.79 Å². The van der Waals surface area contributed by atoms with Gasteiger partial charge in [0.25, 0.3) is 11.8 Å². The van der Waals surface area contributed by atoms with Crippen LogP contribution in [0.5, 0.6) is 0 Å². The number of nitrogens with one attached hydrogen (secondary N) is 3. The molecule has 8 nitrogen and oxygen atoms in total. The van der Waals surface area contributed by atoms with Crippen molar-refractivity contribution >= 4 is 35.4 Å². The molecule has 0 aromatic heterocycles. The van der Waals surface area contributed by atoms with Crippen LogP contribution in [0.2, 0.25) is 5.02 Å². The fourth-order valence-electron chi connectivity index (χ4n) is 1.73. The van der Waals surface area contributed by atoms with E-state index in [0.717, 1.165) is 0 Å². The van der Waals surface area contributed by atoms with E-state index in [1.165, 1.54) is 19.1 Å². The standard InChI is InChI=1S/C17H22ClN3O5/c1-4-10(2)19-17(25)21-14(22)9-26-16(24)11(3)20-15(23)12-5-7-13(18)8-6-12/h5-8,10-11H,4,9H2,1-3H3,(H,20,23)(H2,19,21,22,25)/t10-,11-/m0/s1. The summed E-state index contributed by atoms with van der Waals surface area (Å²) in [5.41, 5.74) is 0.327. The summed E-state index contributed by atoms with van der Waals surface area (Å²) >= 11 is 5.74. The Morgan fingerprint density at radius 3 is 2.27 bits per heavy atom. The van der Waals surface area contributed by atoms with E-state index in [2.05, 4.69) is 10.6 Å². The zero-order valence-electron chi connectivity index (χ0n) is 14.8. The number of hydrogen-bond acceptors (Lipinski definition) is 5. The Morgan fingerprint density at radius 2 is 1.69 bits per heavy atom. The average molecular weight is 384 g/mol. The van der Waals surface area contributed by atoms with Crippen LogP contribution < -0.4 is 16.0 Å². The SMILES string of the molecule is CC[C@H](C)NC(=O)NC(=O)COC(=O)[C@H](C)NC(=O)c1ccc(Cl)cc1. The fraction of sp³-hybridized carbons (Fsp3) is 0.412. The minimum absolute atomic E-state index is 0.0894. The number of benzene rings is 1. The lowest BCUT2D eigenvalue weighted by Gasteiger charge is -2.14. The number of urea groups is 1. The van der Waals surface area contributed by atoms with Crippen LogP contribution in [-0.2, 0) is 14.3 Å². The first-order valence-electron chi connectivity index (χ1n) is 8.06. The third kappa shape index (κ3) is 7.52. The van der Waals surface area contributed by atoms with Crippen LogP contribution in [0, 0.1) is 0 Å². The van der Waals surface area contributed by atoms with Gasteiger partial charge in [-0.3, -0.25) is 14.9 Å². The van der Waals surface area contributed by atoms with Gasteiger partial charge < -0.3 is 15.4 Å². The average Bonchev–Trinajstić information content (AvgIpc) is 2.59. The van der Waals surface area contributed by atoms with Crippen molar-refractivity contribution in [2.24, 2.45) is 0 Å². The number of imide groups is 1. The van der Waals surface area contributed by atoms with Gasteiger partial charge in [0.15, 0.2) is 6.61 Å². The van der Waals surface area contributed by atoms with Crippen molar-refractivity contribution in [3.63, 3.8) is 0 Å². The molecule has 9 heteroatoms. The first kappa shape index (κ1) is 21.4. The fourth-order valence-corrected chi connectivity index (χ4v) is 1.85. The Morgan fingerprint density at radius 1 is 1.08 bits per heavy atom. The molecule has 0 spiro atoms. The third-order valence-electron chi connectivity index (χ3n) is 3.40. The lowest BCUT2D eigenvalue weighted by Crippen LogP contribution is -2.45. The summed E-state index contributed by atoms with van der Waals surface area (Å²) < 4.78 is 4.79. The molecule has 1 aromatic carbocycles. The maximum absolute atomic E-state index is 12.0. The van der Waals surface area contributed by atoms with Crippen LogP contribution in [0.25, 0.3) is 0 Å². The topological polar surface area (TPSA) is 114 Å². The van der Waals surface area contributed by atoms with Gasteiger partial charge in [-0.25, -0.2) is 9.59 Å². The zero-order chi connectivity index (χ0) is 19.7. The van der Waals surface area contributed by atoms with Gasteiger partial charge in [-0.1, -0.05) is 18.5 Å². The maximum Gasteiger partial charge on any atom is 0.328 e. The van der Waals surface area contributed by atoms with Gasteiger partial charge in [0, 0.05) is 16.6 Å². The Kier molecular flexibility index (Phi) is 8.57. The molecule has 0 bridgehead atoms. The molecule has 1 rings (SSSR count). The molecule has 0 aliphatic rings. The van der Waals surface area contributed by atoms with E-state index >= 15 is 0 Å². The second-order valence-electron chi connectivity index (χ2n) is 5.64. The lowest BCUT2D eigenvalue weighted by atomic mass is 10.2. The number of hydrogen-bond donors (Lipinski definition) is 3. The second kappa shape index (κ2) is 10.4. The van der Waals surface area contributed by atoms with Crippen molar-refractivity contribution in [3.8, 4) is 0 Å². The summed E-state index contributed by atoms with van der Waals surface area (Å²) in [6, 6.07) is 4.40. The monoisotopic (exact) mass is 383 g/mol. The van der Waals surface area contributed by atoms with Gasteiger partial charge in [-0.2, -0.15) is 0 Å². The Balaban J connectivity index is 2.39. The highest BCUT2D eigenvalue weighted by Crippen LogP contribution is 2.09. The van der Waals surface area contributed by atoms with Crippen molar-refractivity contribution in [3.05, 3.63) is 34.9 Å². The smallest absolute Gasteiger partial charge is 0.328 e. The highest BCUT2D eigenvalue weighted by atomic mass is 35.5. The summed E-state index contributed by atoms with van der Waals surface area (Å²) in [5.74, 6) is -2.05. The van der Waals surface area contributed by atoms with E-state index in [4.69, 9.17) is 16.3 Å². The van der Waals surface area contributed by atoms with E-state index in [1.807, 2.05) is 12.2 Å². The van der Waals surface area contributed by atoms with E-state index in [0.29, 0.717) is 17.0 Å². The molecule has 142 valence electrons. The molecular formula is C17H22ClN3O5. The van der Waals surface area contributed by atoms with Gasteiger partial charge in [-0.15, -0.1) is 0 Å². The van der Waals surface area contributed by atoms with Crippen molar-refractivity contribution in [2.75, 3.05) is 6.61 Å². The largest absolute Gasteiger partial charge is 0.454 e. The zero-order valence-corrected chi connectivity index (χ0v) is 15.6. The molecule has 0 aliphatic carbocycles. The number of rotatable bonds is 7. The van der Waals surface area contributed by atoms with E-state index in [9.17, 15) is 19.2 Å². The summed E-state index contributed by atoms with van der Waals surface area (Å²) in [7, 11) is 0. The molecule has 1 aromatic rings. The highest BCUT2D eigenvalue weighted by Gasteiger charge is 2.19. The first-order chi connectivity index (χ1) is 12.2. The van der Waals surface area contributed by atoms with Crippen molar-refractivity contribution in [1.82, 2.24) is 16.0 Å². The molecule has 3 N–H and O–H groups in total. The number of carbonyl (C=O) groups is 4. The summed E-state index contributed by atoms with van der Waals surface area (Å²) in [6.45, 7) is 4.46. The maximum atomic E-state index is 12.0. The normalized spacial score (nSPS) is 12.5. The molecular weight excluding hydrogens is 362 g/mol. The van der Waals surface area contributed by atoms with Gasteiger partial charge in [0.1, 0.15) is 6.04 Å². The van der Waals surface area contributed by atoms with Gasteiger partial charge in [-0.05, 0) is 44.5 Å². The Labute approximate surface area is 156 Å². The Bertz CT molecular complexity index is 663. The molecule has 4 amide bonds. The molecule has 0 unspecified atom stereocenters. The molecule has 0 saturated carbocycles. The number of ether oxygens (including phenoxy) is 1. The Hall–Kier alpha value is -2.61. The van der Waals surface area contributed by atoms with Crippen molar-refractivity contribution < 1.29 is 23.9 Å². The summed E-state index contributed by atoms with van der Waals surface area (Å²) in [4.78, 5) is 46.9. The van der Waals surface area contributed by atoms with Crippen molar-refractivity contribution in [1.29, 1.82) is 0 Å². The molecule has 26 heavy (non-hydrogen) atoms. The molecule has 0 aliphatic heterocycles. The van der Waals surface area contributed by atoms with Crippen LogP contribution >= 0.6 is 11.6 Å². The molecule has 0 heterocycles. The molecule has 2 atom stereocenters. The van der Waals surface area contributed by atoms with Crippen LogP contribution in [0.1, 0.15) is 37.6 Å². The predicted octanol–water partition coefficient (Wildman–Crippen LogP) is 1.63. The number of halogens is 1. The van der Waals surface area contributed by atoms with Crippen LogP contribution in [0.3, 0.4) is 0 Å². The van der Waals surface area contributed by atoms with Gasteiger partial charge in [0.05, 0.1) is 0 Å². The number of amides is 4. The minimum atomic E-state index is -0.972. The highest BCUT2D eigenvalue weighted by molar-refractivity contribution is 6.30. The van der Waals surface area contributed by atoms with E-state index in [-0.39, 0.29) is 6.04 Å². The lowest BCUT2D eigenvalue weighted by molar-refractivity contribution is -0.149. The first-order valence-corrected chi connectivity index (χ1v) is 8.44. The summed E-state index contributed by atoms with van der Waals surface area (Å²) in [6.07, 6.45) is 0.710. The van der Waals surface area contributed by atoms with Crippen LogP contribution in [-0.4, -0.2) is 42.5 Å².